The molecule has 0 aliphatic carbocycles. The van der Waals surface area contributed by atoms with Gasteiger partial charge >= 0.3 is 0 Å². The Morgan fingerprint density at radius 2 is 1.68 bits per heavy atom. The zero-order valence-electron chi connectivity index (χ0n) is 10.9. The fourth-order valence-electron chi connectivity index (χ4n) is 2.06. The van der Waals surface area contributed by atoms with E-state index >= 15 is 0 Å². The average Bonchev–Trinajstić information content (AvgIpc) is 2.36. The largest absolute Gasteiger partial charge is 0.207 e. The van der Waals surface area contributed by atoms with E-state index in [2.05, 4.69) is 0 Å². The molecule has 2 aromatic carbocycles. The summed E-state index contributed by atoms with van der Waals surface area (Å²) in [5, 5.41) is -0.500. The van der Waals surface area contributed by atoms with E-state index in [1.54, 1.807) is 6.92 Å². The maximum absolute atomic E-state index is 13.8. The molecule has 2 aromatic rings. The number of rotatable bonds is 3. The lowest BCUT2D eigenvalue weighted by molar-refractivity contribution is 0.564. The lowest BCUT2D eigenvalue weighted by Gasteiger charge is -2.14. The second-order valence-electron chi connectivity index (χ2n) is 4.72. The quantitative estimate of drug-likeness (QED) is 0.686. The van der Waals surface area contributed by atoms with Gasteiger partial charge in [0.15, 0.2) is 0 Å². The third kappa shape index (κ3) is 3.13. The standard InChI is InChI=1S/C16H15ClF2/c1-10-5-3-4-6-12(10)8-14(17)13-7-11(2)15(18)9-16(13)19/h3-7,9,14H,8H2,1-2H3. The summed E-state index contributed by atoms with van der Waals surface area (Å²) in [7, 11) is 0. The smallest absolute Gasteiger partial charge is 0.130 e. The normalized spacial score (nSPS) is 12.5. The number of benzene rings is 2. The van der Waals surface area contributed by atoms with Crippen LogP contribution >= 0.6 is 11.6 Å². The van der Waals surface area contributed by atoms with Crippen molar-refractivity contribution in [1.29, 1.82) is 0 Å². The van der Waals surface area contributed by atoms with Gasteiger partial charge in [0.1, 0.15) is 11.6 Å². The second-order valence-corrected chi connectivity index (χ2v) is 5.25. The first-order chi connectivity index (χ1) is 8.99. The minimum absolute atomic E-state index is 0.351. The van der Waals surface area contributed by atoms with Gasteiger partial charge in [0, 0.05) is 11.6 Å². The van der Waals surface area contributed by atoms with Crippen molar-refractivity contribution in [1.82, 2.24) is 0 Å². The summed E-state index contributed by atoms with van der Waals surface area (Å²) in [6.45, 7) is 3.60. The van der Waals surface area contributed by atoms with Crippen LogP contribution in [0.15, 0.2) is 36.4 Å². The molecule has 100 valence electrons. The molecule has 0 saturated heterocycles. The van der Waals surface area contributed by atoms with Crippen LogP contribution in [0.4, 0.5) is 8.78 Å². The predicted octanol–water partition coefficient (Wildman–Crippen LogP) is 5.10. The third-order valence-corrected chi connectivity index (χ3v) is 3.67. The van der Waals surface area contributed by atoms with Gasteiger partial charge in [-0.25, -0.2) is 8.78 Å². The number of halogens is 3. The third-order valence-electron chi connectivity index (χ3n) is 3.28. The molecule has 0 saturated carbocycles. The van der Waals surface area contributed by atoms with Gasteiger partial charge in [-0.2, -0.15) is 0 Å². The Labute approximate surface area is 117 Å². The highest BCUT2D eigenvalue weighted by molar-refractivity contribution is 6.21. The van der Waals surface area contributed by atoms with Crippen molar-refractivity contribution in [3.8, 4) is 0 Å². The molecule has 0 bridgehead atoms. The lowest BCUT2D eigenvalue weighted by atomic mass is 9.99. The van der Waals surface area contributed by atoms with Crippen molar-refractivity contribution in [2.75, 3.05) is 0 Å². The van der Waals surface area contributed by atoms with E-state index < -0.39 is 17.0 Å². The van der Waals surface area contributed by atoms with Crippen LogP contribution in [0.3, 0.4) is 0 Å². The van der Waals surface area contributed by atoms with Gasteiger partial charge in [-0.1, -0.05) is 24.3 Å². The number of aryl methyl sites for hydroxylation is 2. The topological polar surface area (TPSA) is 0 Å². The van der Waals surface area contributed by atoms with Gasteiger partial charge in [0.25, 0.3) is 0 Å². The summed E-state index contributed by atoms with van der Waals surface area (Å²) in [5.41, 5.74) is 2.95. The molecule has 0 radical (unpaired) electrons. The van der Waals surface area contributed by atoms with Crippen molar-refractivity contribution >= 4 is 11.6 Å². The van der Waals surface area contributed by atoms with Crippen LogP contribution in [0, 0.1) is 25.5 Å². The zero-order valence-corrected chi connectivity index (χ0v) is 11.6. The SMILES string of the molecule is Cc1cc(C(Cl)Cc2ccccc2C)c(F)cc1F. The Bertz CT molecular complexity index is 593. The van der Waals surface area contributed by atoms with Crippen LogP contribution in [0.2, 0.25) is 0 Å². The molecule has 3 heteroatoms. The van der Waals surface area contributed by atoms with Crippen LogP contribution in [0.1, 0.15) is 27.6 Å². The van der Waals surface area contributed by atoms with Crippen molar-refractivity contribution < 1.29 is 8.78 Å². The van der Waals surface area contributed by atoms with Gasteiger partial charge in [-0.05, 0) is 43.0 Å². The van der Waals surface area contributed by atoms with E-state index in [0.717, 1.165) is 17.2 Å². The van der Waals surface area contributed by atoms with Gasteiger partial charge in [-0.15, -0.1) is 11.6 Å². The van der Waals surface area contributed by atoms with Crippen LogP contribution in [-0.4, -0.2) is 0 Å². The lowest BCUT2D eigenvalue weighted by Crippen LogP contribution is -2.02. The molecule has 19 heavy (non-hydrogen) atoms. The van der Waals surface area contributed by atoms with Crippen LogP contribution < -0.4 is 0 Å². The first kappa shape index (κ1) is 14.0. The van der Waals surface area contributed by atoms with Crippen molar-refractivity contribution in [2.45, 2.75) is 25.6 Å². The Hall–Kier alpha value is -1.41. The van der Waals surface area contributed by atoms with E-state index in [1.165, 1.54) is 6.07 Å². The summed E-state index contributed by atoms with van der Waals surface area (Å²) < 4.78 is 27.0. The molecule has 0 amide bonds. The van der Waals surface area contributed by atoms with E-state index in [0.29, 0.717) is 17.5 Å². The van der Waals surface area contributed by atoms with Crippen LogP contribution in [0.25, 0.3) is 0 Å². The molecule has 0 heterocycles. The van der Waals surface area contributed by atoms with Crippen LogP contribution in [-0.2, 0) is 6.42 Å². The molecule has 0 spiro atoms. The molecule has 0 aromatic heterocycles. The number of hydrogen-bond acceptors (Lipinski definition) is 0. The monoisotopic (exact) mass is 280 g/mol. The summed E-state index contributed by atoms with van der Waals surface area (Å²) in [6, 6.07) is 10.2. The Kier molecular flexibility index (Phi) is 4.20. The molecule has 1 unspecified atom stereocenters. The van der Waals surface area contributed by atoms with E-state index in [1.807, 2.05) is 31.2 Å². The fraction of sp³-hybridized carbons (Fsp3) is 0.250. The first-order valence-electron chi connectivity index (χ1n) is 6.13. The second kappa shape index (κ2) is 5.70. The highest BCUT2D eigenvalue weighted by Gasteiger charge is 2.16. The molecule has 1 atom stereocenters. The average molecular weight is 281 g/mol. The first-order valence-corrected chi connectivity index (χ1v) is 6.57. The van der Waals surface area contributed by atoms with E-state index in [4.69, 9.17) is 11.6 Å². The van der Waals surface area contributed by atoms with Crippen molar-refractivity contribution in [3.63, 3.8) is 0 Å². The Balaban J connectivity index is 2.28. The van der Waals surface area contributed by atoms with Gasteiger partial charge < -0.3 is 0 Å². The summed E-state index contributed by atoms with van der Waals surface area (Å²) in [6.07, 6.45) is 0.524. The maximum atomic E-state index is 13.8. The number of alkyl halides is 1. The molecular weight excluding hydrogens is 266 g/mol. The van der Waals surface area contributed by atoms with Gasteiger partial charge in [-0.3, -0.25) is 0 Å². The van der Waals surface area contributed by atoms with E-state index in [9.17, 15) is 8.78 Å². The number of hydrogen-bond donors (Lipinski definition) is 0. The van der Waals surface area contributed by atoms with E-state index in [-0.39, 0.29) is 0 Å². The van der Waals surface area contributed by atoms with Crippen LogP contribution in [0.5, 0.6) is 0 Å². The zero-order chi connectivity index (χ0) is 14.0. The molecule has 0 nitrogen and oxygen atoms in total. The Morgan fingerprint density at radius 1 is 1.00 bits per heavy atom. The molecule has 0 fully saturated rings. The molecular formula is C16H15ClF2. The minimum atomic E-state index is -0.586. The predicted molar refractivity (Wildman–Crippen MR) is 74.6 cm³/mol. The molecule has 0 N–H and O–H groups in total. The van der Waals surface area contributed by atoms with Gasteiger partial charge in [0.05, 0.1) is 5.38 Å². The van der Waals surface area contributed by atoms with Crippen molar-refractivity contribution in [3.05, 3.63) is 70.3 Å². The molecule has 0 aliphatic heterocycles. The Morgan fingerprint density at radius 3 is 2.37 bits per heavy atom. The minimum Gasteiger partial charge on any atom is -0.207 e. The summed E-state index contributed by atoms with van der Waals surface area (Å²) in [4.78, 5) is 0. The summed E-state index contributed by atoms with van der Waals surface area (Å²) in [5.74, 6) is -1.13. The maximum Gasteiger partial charge on any atom is 0.130 e. The highest BCUT2D eigenvalue weighted by Crippen LogP contribution is 2.29. The fourth-order valence-corrected chi connectivity index (χ4v) is 2.40. The van der Waals surface area contributed by atoms with Gasteiger partial charge in [0.2, 0.25) is 0 Å². The van der Waals surface area contributed by atoms with Crippen molar-refractivity contribution in [2.24, 2.45) is 0 Å². The summed E-state index contributed by atoms with van der Waals surface area (Å²) >= 11 is 6.28. The molecule has 2 rings (SSSR count). The molecule has 0 aliphatic rings. The highest BCUT2D eigenvalue weighted by atomic mass is 35.5.